The van der Waals surface area contributed by atoms with Gasteiger partial charge in [0.2, 0.25) is 5.91 Å². The van der Waals surface area contributed by atoms with E-state index in [2.05, 4.69) is 10.6 Å². The molecule has 0 fully saturated rings. The summed E-state index contributed by atoms with van der Waals surface area (Å²) in [6, 6.07) is 13.4. The highest BCUT2D eigenvalue weighted by atomic mass is 35.5. The summed E-state index contributed by atoms with van der Waals surface area (Å²) in [6.07, 6.45) is 0. The highest BCUT2D eigenvalue weighted by molar-refractivity contribution is 6.31. The van der Waals surface area contributed by atoms with Crippen molar-refractivity contribution in [1.82, 2.24) is 0 Å². The molecule has 1 aliphatic rings. The topological polar surface area (TPSA) is 41.1 Å². The third kappa shape index (κ3) is 2.37. The third-order valence-corrected chi connectivity index (χ3v) is 4.00. The maximum absolute atomic E-state index is 12.4. The first kappa shape index (κ1) is 13.0. The van der Waals surface area contributed by atoms with Crippen LogP contribution in [0, 0.1) is 6.92 Å². The zero-order chi connectivity index (χ0) is 14.1. The van der Waals surface area contributed by atoms with E-state index in [0.717, 1.165) is 22.5 Å². The molecule has 1 atom stereocenters. The molecule has 1 unspecified atom stereocenters. The van der Waals surface area contributed by atoms with E-state index in [1.807, 2.05) is 43.3 Å². The van der Waals surface area contributed by atoms with Gasteiger partial charge in [0.15, 0.2) is 0 Å². The van der Waals surface area contributed by atoms with Crippen LogP contribution in [-0.2, 0) is 4.79 Å². The van der Waals surface area contributed by atoms with Gasteiger partial charge in [0.1, 0.15) is 0 Å². The van der Waals surface area contributed by atoms with Gasteiger partial charge in [-0.05, 0) is 36.2 Å². The number of halogens is 1. The fourth-order valence-electron chi connectivity index (χ4n) is 2.42. The van der Waals surface area contributed by atoms with Crippen molar-refractivity contribution in [2.75, 3.05) is 17.2 Å². The molecule has 0 spiro atoms. The molecule has 3 nitrogen and oxygen atoms in total. The van der Waals surface area contributed by atoms with E-state index in [4.69, 9.17) is 11.6 Å². The number of hydrogen-bond donors (Lipinski definition) is 2. The molecule has 102 valence electrons. The van der Waals surface area contributed by atoms with E-state index in [9.17, 15) is 4.79 Å². The molecule has 0 saturated heterocycles. The zero-order valence-corrected chi connectivity index (χ0v) is 11.9. The summed E-state index contributed by atoms with van der Waals surface area (Å²) in [6.45, 7) is 2.57. The second-order valence-corrected chi connectivity index (χ2v) is 5.38. The van der Waals surface area contributed by atoms with E-state index in [1.165, 1.54) is 0 Å². The monoisotopic (exact) mass is 286 g/mol. The molecule has 0 radical (unpaired) electrons. The van der Waals surface area contributed by atoms with Crippen LogP contribution >= 0.6 is 11.6 Å². The Morgan fingerprint density at radius 1 is 1.30 bits per heavy atom. The predicted octanol–water partition coefficient (Wildman–Crippen LogP) is 3.80. The number of aryl methyl sites for hydroxylation is 1. The van der Waals surface area contributed by atoms with Gasteiger partial charge in [-0.3, -0.25) is 4.79 Å². The van der Waals surface area contributed by atoms with Gasteiger partial charge < -0.3 is 10.6 Å². The Hall–Kier alpha value is -2.00. The van der Waals surface area contributed by atoms with Crippen LogP contribution in [0.3, 0.4) is 0 Å². The Morgan fingerprint density at radius 3 is 2.90 bits per heavy atom. The number of anilines is 2. The van der Waals surface area contributed by atoms with Crippen molar-refractivity contribution in [3.05, 3.63) is 58.6 Å². The summed E-state index contributed by atoms with van der Waals surface area (Å²) in [4.78, 5) is 12.4. The quantitative estimate of drug-likeness (QED) is 0.882. The highest BCUT2D eigenvalue weighted by Gasteiger charge is 2.28. The van der Waals surface area contributed by atoms with E-state index in [-0.39, 0.29) is 11.8 Å². The summed E-state index contributed by atoms with van der Waals surface area (Å²) in [5.41, 5.74) is 3.81. The van der Waals surface area contributed by atoms with Crippen LogP contribution < -0.4 is 10.6 Å². The minimum atomic E-state index is -0.161. The SMILES string of the molecule is Cc1ccc(NC(=O)C2CNc3ccccc32)cc1Cl. The van der Waals surface area contributed by atoms with Crippen LogP contribution in [-0.4, -0.2) is 12.5 Å². The number of para-hydroxylation sites is 1. The lowest BCUT2D eigenvalue weighted by Gasteiger charge is -2.12. The number of rotatable bonds is 2. The number of carbonyl (C=O) groups is 1. The Labute approximate surface area is 123 Å². The standard InChI is InChI=1S/C16H15ClN2O/c1-10-6-7-11(8-14(10)17)19-16(20)13-9-18-15-5-3-2-4-12(13)15/h2-8,13,18H,9H2,1H3,(H,19,20). The number of benzene rings is 2. The van der Waals surface area contributed by atoms with Gasteiger partial charge in [-0.15, -0.1) is 0 Å². The van der Waals surface area contributed by atoms with Gasteiger partial charge >= 0.3 is 0 Å². The molecule has 1 amide bonds. The van der Waals surface area contributed by atoms with Crippen molar-refractivity contribution >= 4 is 28.9 Å². The normalized spacial score (nSPS) is 16.4. The second-order valence-electron chi connectivity index (χ2n) is 4.97. The molecule has 2 aromatic rings. The second kappa shape index (κ2) is 5.17. The largest absolute Gasteiger partial charge is 0.384 e. The molecule has 0 saturated carbocycles. The van der Waals surface area contributed by atoms with E-state index < -0.39 is 0 Å². The molecule has 2 aromatic carbocycles. The molecular formula is C16H15ClN2O. The highest BCUT2D eigenvalue weighted by Crippen LogP contribution is 2.32. The van der Waals surface area contributed by atoms with Crippen LogP contribution in [0.2, 0.25) is 5.02 Å². The summed E-state index contributed by atoms with van der Waals surface area (Å²) in [5.74, 6) is -0.173. The lowest BCUT2D eigenvalue weighted by atomic mass is 10.0. The predicted molar refractivity (Wildman–Crippen MR) is 82.5 cm³/mol. The van der Waals surface area contributed by atoms with E-state index in [0.29, 0.717) is 11.6 Å². The Kier molecular flexibility index (Phi) is 3.36. The number of hydrogen-bond acceptors (Lipinski definition) is 2. The van der Waals surface area contributed by atoms with E-state index >= 15 is 0 Å². The van der Waals surface area contributed by atoms with Gasteiger partial charge in [0.05, 0.1) is 5.92 Å². The number of amides is 1. The fourth-order valence-corrected chi connectivity index (χ4v) is 2.60. The molecule has 20 heavy (non-hydrogen) atoms. The molecule has 1 aliphatic heterocycles. The molecule has 0 aromatic heterocycles. The molecule has 0 aliphatic carbocycles. The first-order valence-corrected chi connectivity index (χ1v) is 6.93. The molecule has 2 N–H and O–H groups in total. The maximum atomic E-state index is 12.4. The van der Waals surface area contributed by atoms with Crippen LogP contribution in [0.25, 0.3) is 0 Å². The number of fused-ring (bicyclic) bond motifs is 1. The van der Waals surface area contributed by atoms with Crippen molar-refractivity contribution in [2.24, 2.45) is 0 Å². The fraction of sp³-hybridized carbons (Fsp3) is 0.188. The van der Waals surface area contributed by atoms with Gasteiger partial charge in [0.25, 0.3) is 0 Å². The maximum Gasteiger partial charge on any atom is 0.233 e. The lowest BCUT2D eigenvalue weighted by molar-refractivity contribution is -0.117. The zero-order valence-electron chi connectivity index (χ0n) is 11.1. The lowest BCUT2D eigenvalue weighted by Crippen LogP contribution is -2.22. The summed E-state index contributed by atoms with van der Waals surface area (Å²) in [7, 11) is 0. The van der Waals surface area contributed by atoms with Gasteiger partial charge in [-0.25, -0.2) is 0 Å². The molecule has 4 heteroatoms. The average molecular weight is 287 g/mol. The smallest absolute Gasteiger partial charge is 0.233 e. The first-order valence-electron chi connectivity index (χ1n) is 6.55. The van der Waals surface area contributed by atoms with E-state index in [1.54, 1.807) is 6.07 Å². The summed E-state index contributed by atoms with van der Waals surface area (Å²) in [5, 5.41) is 6.84. The Morgan fingerprint density at radius 2 is 2.10 bits per heavy atom. The van der Waals surface area contributed by atoms with Crippen molar-refractivity contribution < 1.29 is 4.79 Å². The minimum Gasteiger partial charge on any atom is -0.384 e. The van der Waals surface area contributed by atoms with Crippen molar-refractivity contribution in [1.29, 1.82) is 0 Å². The van der Waals surface area contributed by atoms with Gasteiger partial charge in [-0.2, -0.15) is 0 Å². The van der Waals surface area contributed by atoms with Crippen molar-refractivity contribution in [3.8, 4) is 0 Å². The van der Waals surface area contributed by atoms with Crippen LogP contribution in [0.4, 0.5) is 11.4 Å². The van der Waals surface area contributed by atoms with Crippen molar-refractivity contribution in [2.45, 2.75) is 12.8 Å². The third-order valence-electron chi connectivity index (χ3n) is 3.59. The molecule has 3 rings (SSSR count). The van der Waals surface area contributed by atoms with Crippen LogP contribution in [0.1, 0.15) is 17.0 Å². The molecule has 1 heterocycles. The summed E-state index contributed by atoms with van der Waals surface area (Å²) >= 11 is 6.07. The first-order chi connectivity index (χ1) is 9.65. The van der Waals surface area contributed by atoms with Crippen LogP contribution in [0.5, 0.6) is 0 Å². The Balaban J connectivity index is 1.79. The van der Waals surface area contributed by atoms with Gasteiger partial charge in [0, 0.05) is 22.9 Å². The van der Waals surface area contributed by atoms with Gasteiger partial charge in [-0.1, -0.05) is 35.9 Å². The Bertz CT molecular complexity index is 669. The number of carbonyl (C=O) groups excluding carboxylic acids is 1. The minimum absolute atomic E-state index is 0.0117. The van der Waals surface area contributed by atoms with Crippen molar-refractivity contribution in [3.63, 3.8) is 0 Å². The molecule has 0 bridgehead atoms. The molecular weight excluding hydrogens is 272 g/mol. The van der Waals surface area contributed by atoms with Crippen LogP contribution in [0.15, 0.2) is 42.5 Å². The summed E-state index contributed by atoms with van der Waals surface area (Å²) < 4.78 is 0. The average Bonchev–Trinajstić information content (AvgIpc) is 2.87. The number of nitrogens with one attached hydrogen (secondary N) is 2.